The van der Waals surface area contributed by atoms with E-state index in [-0.39, 0.29) is 0 Å². The van der Waals surface area contributed by atoms with Crippen LogP contribution in [0.3, 0.4) is 0 Å². The van der Waals surface area contributed by atoms with Crippen LogP contribution in [-0.2, 0) is 10.8 Å². The number of phenols is 1. The Bertz CT molecular complexity index is 348. The molecule has 0 atom stereocenters. The van der Waals surface area contributed by atoms with Crippen LogP contribution in [0, 0.1) is 0 Å². The summed E-state index contributed by atoms with van der Waals surface area (Å²) in [5.74, 6) is 0.414. The van der Waals surface area contributed by atoms with Gasteiger partial charge in [0.05, 0.1) is 0 Å². The van der Waals surface area contributed by atoms with Crippen molar-refractivity contribution in [2.24, 2.45) is 0 Å². The summed E-state index contributed by atoms with van der Waals surface area (Å²) in [4.78, 5) is 0. The highest BCUT2D eigenvalue weighted by atomic mass is 28.4. The minimum absolute atomic E-state index is 0.321. The maximum Gasteiger partial charge on any atom is 0.187 e. The van der Waals surface area contributed by atoms with Gasteiger partial charge in [0, 0.05) is 6.10 Å². The Morgan fingerprint density at radius 3 is 2.47 bits per heavy atom. The van der Waals surface area contributed by atoms with Gasteiger partial charge in [0.15, 0.2) is 8.32 Å². The Hall–Kier alpha value is -0.803. The average molecular weight is 252 g/mol. The summed E-state index contributed by atoms with van der Waals surface area (Å²) < 4.78 is 5.98. The monoisotopic (exact) mass is 252 g/mol. The van der Waals surface area contributed by atoms with Crippen LogP contribution in [0.5, 0.6) is 5.75 Å². The first-order valence-corrected chi connectivity index (χ1v) is 9.47. The van der Waals surface area contributed by atoms with Crippen LogP contribution in [0.4, 0.5) is 0 Å². The van der Waals surface area contributed by atoms with E-state index in [4.69, 9.17) is 4.43 Å². The molecule has 1 rings (SSSR count). The average Bonchev–Trinajstić information content (AvgIpc) is 2.18. The molecule has 0 aliphatic heterocycles. The highest BCUT2D eigenvalue weighted by Crippen LogP contribution is 2.21. The van der Waals surface area contributed by atoms with Crippen molar-refractivity contribution in [2.45, 2.75) is 51.9 Å². The molecule has 2 nitrogen and oxygen atoms in total. The molecule has 3 heteroatoms. The Kier molecular flexibility index (Phi) is 5.21. The number of phenolic OH excluding ortho intramolecular Hbond substituents is 1. The first kappa shape index (κ1) is 14.3. The Morgan fingerprint density at radius 1 is 1.24 bits per heavy atom. The highest BCUT2D eigenvalue weighted by molar-refractivity contribution is 6.71. The number of rotatable bonds is 6. The van der Waals surface area contributed by atoms with E-state index >= 15 is 0 Å². The van der Waals surface area contributed by atoms with E-state index in [0.29, 0.717) is 11.9 Å². The molecular weight excluding hydrogens is 228 g/mol. The van der Waals surface area contributed by atoms with Crippen LogP contribution in [-0.4, -0.2) is 19.5 Å². The zero-order chi connectivity index (χ0) is 12.9. The summed E-state index contributed by atoms with van der Waals surface area (Å²) >= 11 is 0. The molecule has 0 bridgehead atoms. The summed E-state index contributed by atoms with van der Waals surface area (Å²) in [7, 11) is -1.52. The van der Waals surface area contributed by atoms with Crippen LogP contribution in [0.1, 0.15) is 25.8 Å². The summed E-state index contributed by atoms with van der Waals surface area (Å²) in [6.07, 6.45) is 2.34. The van der Waals surface area contributed by atoms with Gasteiger partial charge >= 0.3 is 0 Å². The van der Waals surface area contributed by atoms with Crippen LogP contribution in [0.25, 0.3) is 0 Å². The second-order valence-electron chi connectivity index (χ2n) is 5.41. The molecule has 0 heterocycles. The predicted octanol–water partition coefficient (Wildman–Crippen LogP) is 3.95. The molecule has 17 heavy (non-hydrogen) atoms. The molecule has 0 unspecified atom stereocenters. The van der Waals surface area contributed by atoms with Crippen molar-refractivity contribution in [3.05, 3.63) is 29.8 Å². The number of aromatic hydroxyl groups is 1. The van der Waals surface area contributed by atoms with Crippen molar-refractivity contribution in [3.8, 4) is 5.75 Å². The molecule has 0 fully saturated rings. The molecule has 96 valence electrons. The van der Waals surface area contributed by atoms with Crippen LogP contribution < -0.4 is 0 Å². The molecule has 1 N–H and O–H groups in total. The van der Waals surface area contributed by atoms with Gasteiger partial charge in [0.25, 0.3) is 0 Å². The quantitative estimate of drug-likeness (QED) is 0.777. The predicted molar refractivity (Wildman–Crippen MR) is 74.9 cm³/mol. The summed E-state index contributed by atoms with van der Waals surface area (Å²) in [5.41, 5.74) is 1.04. The second-order valence-corrected chi connectivity index (χ2v) is 9.66. The molecule has 1 aromatic rings. The van der Waals surface area contributed by atoms with Crippen LogP contribution in [0.2, 0.25) is 19.1 Å². The Labute approximate surface area is 106 Å². The summed E-state index contributed by atoms with van der Waals surface area (Å²) in [6, 6.07) is 8.72. The van der Waals surface area contributed by atoms with Gasteiger partial charge in [-0.15, -0.1) is 0 Å². The van der Waals surface area contributed by atoms with Gasteiger partial charge in [-0.2, -0.15) is 0 Å². The molecule has 0 aliphatic rings. The van der Waals surface area contributed by atoms with E-state index in [2.05, 4.69) is 26.9 Å². The van der Waals surface area contributed by atoms with Gasteiger partial charge in [0.2, 0.25) is 0 Å². The SMILES string of the molecule is CC(C)O[Si](C)(C)CCCc1ccccc1O. The van der Waals surface area contributed by atoms with Gasteiger partial charge in [0.1, 0.15) is 5.75 Å². The normalized spacial score (nSPS) is 12.1. The molecular formula is C14H24O2Si. The fourth-order valence-corrected chi connectivity index (χ4v) is 4.55. The van der Waals surface area contributed by atoms with E-state index in [1.807, 2.05) is 18.2 Å². The van der Waals surface area contributed by atoms with E-state index in [0.717, 1.165) is 24.4 Å². The van der Waals surface area contributed by atoms with E-state index < -0.39 is 8.32 Å². The van der Waals surface area contributed by atoms with Crippen LogP contribution in [0.15, 0.2) is 24.3 Å². The lowest BCUT2D eigenvalue weighted by molar-refractivity contribution is 0.231. The first-order valence-electron chi connectivity index (χ1n) is 6.35. The van der Waals surface area contributed by atoms with Crippen molar-refractivity contribution in [1.82, 2.24) is 0 Å². The van der Waals surface area contributed by atoms with Gasteiger partial charge < -0.3 is 9.53 Å². The maximum atomic E-state index is 9.67. The third kappa shape index (κ3) is 5.37. The molecule has 0 spiro atoms. The van der Waals surface area contributed by atoms with Crippen molar-refractivity contribution in [2.75, 3.05) is 0 Å². The third-order valence-corrected chi connectivity index (χ3v) is 5.44. The highest BCUT2D eigenvalue weighted by Gasteiger charge is 2.23. The van der Waals surface area contributed by atoms with Crippen molar-refractivity contribution < 1.29 is 9.53 Å². The van der Waals surface area contributed by atoms with E-state index in [1.165, 1.54) is 0 Å². The molecule has 0 amide bonds. The molecule has 0 saturated carbocycles. The minimum atomic E-state index is -1.52. The zero-order valence-electron chi connectivity index (χ0n) is 11.4. The number of benzene rings is 1. The van der Waals surface area contributed by atoms with Crippen molar-refractivity contribution in [3.63, 3.8) is 0 Å². The fraction of sp³-hybridized carbons (Fsp3) is 0.571. The standard InChI is InChI=1S/C14H24O2Si/c1-12(2)16-17(3,4)11-7-9-13-8-5-6-10-14(13)15/h5-6,8,10,12,15H,7,9,11H2,1-4H3. The smallest absolute Gasteiger partial charge is 0.187 e. The Balaban J connectivity index is 2.40. The lowest BCUT2D eigenvalue weighted by atomic mass is 10.1. The first-order chi connectivity index (χ1) is 7.91. The zero-order valence-corrected chi connectivity index (χ0v) is 12.4. The summed E-state index contributed by atoms with van der Waals surface area (Å²) in [5, 5.41) is 9.67. The molecule has 0 radical (unpaired) electrons. The van der Waals surface area contributed by atoms with Gasteiger partial charge in [-0.25, -0.2) is 0 Å². The van der Waals surface area contributed by atoms with Gasteiger partial charge in [-0.3, -0.25) is 0 Å². The lowest BCUT2D eigenvalue weighted by Crippen LogP contribution is -2.33. The molecule has 1 aromatic carbocycles. The van der Waals surface area contributed by atoms with E-state index in [9.17, 15) is 5.11 Å². The van der Waals surface area contributed by atoms with E-state index in [1.54, 1.807) is 6.07 Å². The van der Waals surface area contributed by atoms with Crippen LogP contribution >= 0.6 is 0 Å². The summed E-state index contributed by atoms with van der Waals surface area (Å²) in [6.45, 7) is 8.71. The number of hydrogen-bond donors (Lipinski definition) is 1. The topological polar surface area (TPSA) is 29.5 Å². The molecule has 0 saturated heterocycles. The van der Waals surface area contributed by atoms with Gasteiger partial charge in [-0.05, 0) is 57.5 Å². The minimum Gasteiger partial charge on any atom is -0.508 e. The Morgan fingerprint density at radius 2 is 1.88 bits per heavy atom. The van der Waals surface area contributed by atoms with Crippen molar-refractivity contribution in [1.29, 1.82) is 0 Å². The lowest BCUT2D eigenvalue weighted by Gasteiger charge is -2.25. The number of aryl methyl sites for hydroxylation is 1. The van der Waals surface area contributed by atoms with Crippen molar-refractivity contribution >= 4 is 8.32 Å². The number of hydrogen-bond acceptors (Lipinski definition) is 2. The third-order valence-electron chi connectivity index (χ3n) is 2.77. The largest absolute Gasteiger partial charge is 0.508 e. The fourth-order valence-electron chi connectivity index (χ4n) is 2.12. The van der Waals surface area contributed by atoms with Gasteiger partial charge in [-0.1, -0.05) is 18.2 Å². The molecule has 0 aliphatic carbocycles. The second kappa shape index (κ2) is 6.22. The molecule has 0 aromatic heterocycles. The maximum absolute atomic E-state index is 9.67. The number of para-hydroxylation sites is 1.